The van der Waals surface area contributed by atoms with E-state index in [0.29, 0.717) is 50.3 Å². The average molecular weight is 382 g/mol. The molecule has 2 amide bonds. The quantitative estimate of drug-likeness (QED) is 0.484. The molecule has 2 N–H and O–H groups in total. The first kappa shape index (κ1) is 19.3. The third-order valence-electron chi connectivity index (χ3n) is 4.91. The van der Waals surface area contributed by atoms with Gasteiger partial charge in [-0.3, -0.25) is 19.7 Å². The number of non-ortho nitro benzene ring substituents is 1. The third-order valence-corrected chi connectivity index (χ3v) is 4.91. The summed E-state index contributed by atoms with van der Waals surface area (Å²) < 4.78 is 0. The molecule has 8 heteroatoms. The molecule has 1 saturated heterocycles. The summed E-state index contributed by atoms with van der Waals surface area (Å²) in [5, 5.41) is 10.7. The topological polar surface area (TPSA) is 110 Å². The lowest BCUT2D eigenvalue weighted by Gasteiger charge is -2.35. The van der Waals surface area contributed by atoms with E-state index in [1.807, 2.05) is 24.3 Å². The number of hydrogen-bond donors (Lipinski definition) is 1. The molecule has 0 radical (unpaired) electrons. The fourth-order valence-electron chi connectivity index (χ4n) is 3.23. The van der Waals surface area contributed by atoms with Crippen LogP contribution in [0.4, 0.5) is 11.4 Å². The Morgan fingerprint density at radius 3 is 2.18 bits per heavy atom. The second kappa shape index (κ2) is 8.51. The number of nitrogens with zero attached hydrogens (tertiary/aromatic N) is 3. The van der Waals surface area contributed by atoms with Crippen LogP contribution in [0.2, 0.25) is 0 Å². The number of carbonyl (C=O) groups excluding carboxylic acids is 2. The number of carbonyl (C=O) groups is 2. The van der Waals surface area contributed by atoms with Crippen LogP contribution < -0.4 is 5.73 Å². The normalized spacial score (nSPS) is 14.0. The van der Waals surface area contributed by atoms with E-state index >= 15 is 0 Å². The summed E-state index contributed by atoms with van der Waals surface area (Å²) >= 11 is 0. The SMILES string of the molecule is Nc1ccccc1CCC(=O)N1CCN(C(=O)c2ccc([N+](=O)[O-])cc2)CC1. The second-order valence-electron chi connectivity index (χ2n) is 6.68. The minimum absolute atomic E-state index is 0.0469. The van der Waals surface area contributed by atoms with Gasteiger partial charge in [-0.05, 0) is 30.2 Å². The highest BCUT2D eigenvalue weighted by Crippen LogP contribution is 2.16. The molecular weight excluding hydrogens is 360 g/mol. The number of nitro benzene ring substituents is 1. The molecule has 0 unspecified atom stereocenters. The van der Waals surface area contributed by atoms with Crippen molar-refractivity contribution in [1.82, 2.24) is 9.80 Å². The van der Waals surface area contributed by atoms with Crippen molar-refractivity contribution in [2.24, 2.45) is 0 Å². The van der Waals surface area contributed by atoms with Crippen LogP contribution in [-0.4, -0.2) is 52.7 Å². The Balaban J connectivity index is 1.50. The monoisotopic (exact) mass is 382 g/mol. The van der Waals surface area contributed by atoms with Crippen LogP contribution in [-0.2, 0) is 11.2 Å². The molecule has 0 spiro atoms. The second-order valence-corrected chi connectivity index (χ2v) is 6.68. The van der Waals surface area contributed by atoms with Gasteiger partial charge < -0.3 is 15.5 Å². The molecule has 0 saturated carbocycles. The molecule has 0 atom stereocenters. The molecular formula is C20H22N4O4. The van der Waals surface area contributed by atoms with Crippen LogP contribution in [0.1, 0.15) is 22.3 Å². The largest absolute Gasteiger partial charge is 0.399 e. The van der Waals surface area contributed by atoms with E-state index in [4.69, 9.17) is 5.73 Å². The molecule has 1 aliphatic rings. The van der Waals surface area contributed by atoms with Gasteiger partial charge in [0, 0.05) is 56.0 Å². The fraction of sp³-hybridized carbons (Fsp3) is 0.300. The summed E-state index contributed by atoms with van der Waals surface area (Å²) in [6, 6.07) is 13.1. The Morgan fingerprint density at radius 2 is 1.57 bits per heavy atom. The molecule has 28 heavy (non-hydrogen) atoms. The van der Waals surface area contributed by atoms with Crippen molar-refractivity contribution < 1.29 is 14.5 Å². The molecule has 1 fully saturated rings. The zero-order valence-corrected chi connectivity index (χ0v) is 15.4. The lowest BCUT2D eigenvalue weighted by Crippen LogP contribution is -2.50. The molecule has 8 nitrogen and oxygen atoms in total. The van der Waals surface area contributed by atoms with Crippen LogP contribution in [0.5, 0.6) is 0 Å². The van der Waals surface area contributed by atoms with E-state index in [1.165, 1.54) is 24.3 Å². The summed E-state index contributed by atoms with van der Waals surface area (Å²) in [7, 11) is 0. The van der Waals surface area contributed by atoms with Crippen molar-refractivity contribution >= 4 is 23.2 Å². The summed E-state index contributed by atoms with van der Waals surface area (Å²) in [5.41, 5.74) is 7.92. The van der Waals surface area contributed by atoms with Crippen LogP contribution >= 0.6 is 0 Å². The van der Waals surface area contributed by atoms with Gasteiger partial charge in [0.2, 0.25) is 5.91 Å². The Morgan fingerprint density at radius 1 is 0.964 bits per heavy atom. The number of anilines is 1. The van der Waals surface area contributed by atoms with E-state index in [2.05, 4.69) is 0 Å². The number of nitrogens with two attached hydrogens (primary N) is 1. The lowest BCUT2D eigenvalue weighted by atomic mass is 10.1. The summed E-state index contributed by atoms with van der Waals surface area (Å²) in [4.78, 5) is 38.6. The zero-order valence-electron chi connectivity index (χ0n) is 15.4. The van der Waals surface area contributed by atoms with Crippen molar-refractivity contribution in [3.8, 4) is 0 Å². The van der Waals surface area contributed by atoms with E-state index < -0.39 is 4.92 Å². The third kappa shape index (κ3) is 4.46. The van der Waals surface area contributed by atoms with E-state index in [-0.39, 0.29) is 17.5 Å². The maximum absolute atomic E-state index is 12.5. The Kier molecular flexibility index (Phi) is 5.88. The summed E-state index contributed by atoms with van der Waals surface area (Å²) in [6.45, 7) is 1.83. The first-order valence-electron chi connectivity index (χ1n) is 9.10. The van der Waals surface area contributed by atoms with Gasteiger partial charge in [0.15, 0.2) is 0 Å². The number of amides is 2. The number of benzene rings is 2. The van der Waals surface area contributed by atoms with Gasteiger partial charge in [-0.2, -0.15) is 0 Å². The van der Waals surface area contributed by atoms with E-state index in [9.17, 15) is 19.7 Å². The van der Waals surface area contributed by atoms with Gasteiger partial charge in [-0.25, -0.2) is 0 Å². The first-order chi connectivity index (χ1) is 13.5. The van der Waals surface area contributed by atoms with Gasteiger partial charge in [-0.15, -0.1) is 0 Å². The molecule has 0 aliphatic carbocycles. The molecule has 0 aromatic heterocycles. The number of rotatable bonds is 5. The van der Waals surface area contributed by atoms with Gasteiger partial charge in [0.1, 0.15) is 0 Å². The van der Waals surface area contributed by atoms with E-state index in [1.54, 1.807) is 9.80 Å². The Labute approximate surface area is 162 Å². The van der Waals surface area contributed by atoms with Crippen LogP contribution in [0.15, 0.2) is 48.5 Å². The summed E-state index contributed by atoms with van der Waals surface area (Å²) in [5.74, 6) is -0.134. The minimum atomic E-state index is -0.498. The Bertz CT molecular complexity index is 874. The van der Waals surface area contributed by atoms with Crippen molar-refractivity contribution in [1.29, 1.82) is 0 Å². The summed E-state index contributed by atoms with van der Waals surface area (Å²) in [6.07, 6.45) is 0.970. The minimum Gasteiger partial charge on any atom is -0.399 e. The standard InChI is InChI=1S/C20H22N4O4/c21-18-4-2-1-3-15(18)7-10-19(25)22-11-13-23(14-12-22)20(26)16-5-8-17(9-6-16)24(27)28/h1-6,8-9H,7,10-14,21H2. The number of para-hydroxylation sites is 1. The average Bonchev–Trinajstić information content (AvgIpc) is 2.72. The van der Waals surface area contributed by atoms with Crippen molar-refractivity contribution in [3.63, 3.8) is 0 Å². The maximum Gasteiger partial charge on any atom is 0.269 e. The van der Waals surface area contributed by atoms with Gasteiger partial charge in [-0.1, -0.05) is 18.2 Å². The van der Waals surface area contributed by atoms with Gasteiger partial charge in [0.25, 0.3) is 11.6 Å². The fourth-order valence-corrected chi connectivity index (χ4v) is 3.23. The predicted molar refractivity (Wildman–Crippen MR) is 105 cm³/mol. The maximum atomic E-state index is 12.5. The van der Waals surface area contributed by atoms with Gasteiger partial charge in [0.05, 0.1) is 4.92 Å². The highest BCUT2D eigenvalue weighted by Gasteiger charge is 2.25. The van der Waals surface area contributed by atoms with Crippen LogP contribution in [0.25, 0.3) is 0 Å². The lowest BCUT2D eigenvalue weighted by molar-refractivity contribution is -0.384. The molecule has 1 heterocycles. The van der Waals surface area contributed by atoms with Crippen LogP contribution in [0, 0.1) is 10.1 Å². The van der Waals surface area contributed by atoms with Crippen molar-refractivity contribution in [2.75, 3.05) is 31.9 Å². The smallest absolute Gasteiger partial charge is 0.269 e. The van der Waals surface area contributed by atoms with E-state index in [0.717, 1.165) is 5.56 Å². The van der Waals surface area contributed by atoms with Crippen molar-refractivity contribution in [2.45, 2.75) is 12.8 Å². The van der Waals surface area contributed by atoms with Crippen molar-refractivity contribution in [3.05, 3.63) is 69.8 Å². The number of hydrogen-bond acceptors (Lipinski definition) is 5. The number of nitro groups is 1. The van der Waals surface area contributed by atoms with Crippen LogP contribution in [0.3, 0.4) is 0 Å². The molecule has 0 bridgehead atoms. The molecule has 2 aromatic carbocycles. The number of aryl methyl sites for hydroxylation is 1. The zero-order chi connectivity index (χ0) is 20.1. The number of piperazine rings is 1. The highest BCUT2D eigenvalue weighted by molar-refractivity contribution is 5.94. The van der Waals surface area contributed by atoms with Gasteiger partial charge >= 0.3 is 0 Å². The predicted octanol–water partition coefficient (Wildman–Crippen LogP) is 2.09. The number of nitrogen functional groups attached to an aromatic ring is 1. The first-order valence-corrected chi connectivity index (χ1v) is 9.10. The molecule has 2 aromatic rings. The molecule has 1 aliphatic heterocycles. The Hall–Kier alpha value is -3.42. The molecule has 3 rings (SSSR count). The highest BCUT2D eigenvalue weighted by atomic mass is 16.6. The molecule has 146 valence electrons.